The first-order chi connectivity index (χ1) is 12.0. The van der Waals surface area contributed by atoms with Crippen LogP contribution in [0.3, 0.4) is 0 Å². The SMILES string of the molecule is Cc1c(NC(=O)c2ccc(-c3ccc(F)cc3)o2)cccc1[N+](=O)[O-]. The first-order valence-electron chi connectivity index (χ1n) is 7.37. The molecular formula is C18H13FN2O4. The van der Waals surface area contributed by atoms with Crippen LogP contribution < -0.4 is 5.32 Å². The summed E-state index contributed by atoms with van der Waals surface area (Å²) in [6, 6.07) is 13.2. The largest absolute Gasteiger partial charge is 0.451 e. The number of nitrogens with one attached hydrogen (secondary N) is 1. The van der Waals surface area contributed by atoms with Gasteiger partial charge < -0.3 is 9.73 Å². The van der Waals surface area contributed by atoms with Gasteiger partial charge in [0.05, 0.1) is 16.2 Å². The van der Waals surface area contributed by atoms with Crippen LogP contribution in [0.15, 0.2) is 59.0 Å². The van der Waals surface area contributed by atoms with E-state index in [1.807, 2.05) is 0 Å². The number of amides is 1. The number of nitro benzene ring substituents is 1. The lowest BCUT2D eigenvalue weighted by molar-refractivity contribution is -0.385. The van der Waals surface area contributed by atoms with Crippen LogP contribution in [-0.4, -0.2) is 10.8 Å². The number of carbonyl (C=O) groups excluding carboxylic acids is 1. The molecule has 0 bridgehead atoms. The van der Waals surface area contributed by atoms with Crippen LogP contribution in [0.1, 0.15) is 16.1 Å². The van der Waals surface area contributed by atoms with Crippen LogP contribution in [0.4, 0.5) is 15.8 Å². The highest BCUT2D eigenvalue weighted by atomic mass is 19.1. The summed E-state index contributed by atoms with van der Waals surface area (Å²) in [7, 11) is 0. The van der Waals surface area contributed by atoms with E-state index in [-0.39, 0.29) is 17.3 Å². The zero-order valence-electron chi connectivity index (χ0n) is 13.2. The second kappa shape index (κ2) is 6.56. The number of nitrogens with zero attached hydrogens (tertiary/aromatic N) is 1. The van der Waals surface area contributed by atoms with Gasteiger partial charge in [-0.15, -0.1) is 0 Å². The molecule has 0 aliphatic heterocycles. The lowest BCUT2D eigenvalue weighted by atomic mass is 10.1. The maximum Gasteiger partial charge on any atom is 0.291 e. The summed E-state index contributed by atoms with van der Waals surface area (Å²) < 4.78 is 18.5. The molecule has 3 rings (SSSR count). The normalized spacial score (nSPS) is 10.5. The van der Waals surface area contributed by atoms with Gasteiger partial charge in [-0.05, 0) is 49.4 Å². The Morgan fingerprint density at radius 1 is 1.12 bits per heavy atom. The molecule has 3 aromatic rings. The molecule has 0 saturated carbocycles. The fourth-order valence-electron chi connectivity index (χ4n) is 2.37. The summed E-state index contributed by atoms with van der Waals surface area (Å²) >= 11 is 0. The highest BCUT2D eigenvalue weighted by Crippen LogP contribution is 2.27. The molecule has 0 radical (unpaired) electrons. The summed E-state index contributed by atoms with van der Waals surface area (Å²) in [5, 5.41) is 13.6. The molecule has 0 spiro atoms. The Labute approximate surface area is 142 Å². The number of furan rings is 1. The van der Waals surface area contributed by atoms with E-state index in [2.05, 4.69) is 5.32 Å². The molecule has 0 fully saturated rings. The van der Waals surface area contributed by atoms with Crippen molar-refractivity contribution in [3.8, 4) is 11.3 Å². The van der Waals surface area contributed by atoms with Gasteiger partial charge in [0.1, 0.15) is 11.6 Å². The number of anilines is 1. The summed E-state index contributed by atoms with van der Waals surface area (Å²) in [4.78, 5) is 22.8. The highest BCUT2D eigenvalue weighted by Gasteiger charge is 2.17. The van der Waals surface area contributed by atoms with Gasteiger partial charge in [0.2, 0.25) is 0 Å². The molecule has 1 heterocycles. The van der Waals surface area contributed by atoms with Crippen LogP contribution in [0.2, 0.25) is 0 Å². The summed E-state index contributed by atoms with van der Waals surface area (Å²) in [5.41, 5.74) is 1.24. The monoisotopic (exact) mass is 340 g/mol. The standard InChI is InChI=1S/C18H13FN2O4/c1-11-14(3-2-4-15(11)21(23)24)20-18(22)17-10-9-16(25-17)12-5-7-13(19)8-6-12/h2-10H,1H3,(H,20,22). The van der Waals surface area contributed by atoms with Crippen LogP contribution in [0, 0.1) is 22.9 Å². The Hall–Kier alpha value is -3.48. The molecule has 0 aliphatic carbocycles. The molecule has 0 aliphatic rings. The van der Waals surface area contributed by atoms with E-state index in [0.29, 0.717) is 22.6 Å². The molecule has 126 valence electrons. The second-order valence-corrected chi connectivity index (χ2v) is 5.33. The molecule has 2 aromatic carbocycles. The van der Waals surface area contributed by atoms with Gasteiger partial charge in [-0.25, -0.2) is 4.39 Å². The van der Waals surface area contributed by atoms with Gasteiger partial charge in [0, 0.05) is 11.6 Å². The van der Waals surface area contributed by atoms with Crippen molar-refractivity contribution in [2.75, 3.05) is 5.32 Å². The first kappa shape index (κ1) is 16.4. The van der Waals surface area contributed by atoms with Gasteiger partial charge in [0.25, 0.3) is 11.6 Å². The van der Waals surface area contributed by atoms with Crippen LogP contribution in [0.25, 0.3) is 11.3 Å². The van der Waals surface area contributed by atoms with Crippen LogP contribution in [0.5, 0.6) is 0 Å². The minimum atomic E-state index is -0.531. The first-order valence-corrected chi connectivity index (χ1v) is 7.37. The molecule has 6 nitrogen and oxygen atoms in total. The van der Waals surface area contributed by atoms with E-state index >= 15 is 0 Å². The third-order valence-corrected chi connectivity index (χ3v) is 3.71. The zero-order chi connectivity index (χ0) is 18.0. The van der Waals surface area contributed by atoms with Crippen molar-refractivity contribution in [2.45, 2.75) is 6.92 Å². The molecule has 0 unspecified atom stereocenters. The molecule has 1 aromatic heterocycles. The summed E-state index contributed by atoms with van der Waals surface area (Å²) in [5.74, 6) is -0.433. The maximum atomic E-state index is 13.0. The molecule has 0 saturated heterocycles. The average molecular weight is 340 g/mol. The van der Waals surface area contributed by atoms with Gasteiger partial charge >= 0.3 is 0 Å². The van der Waals surface area contributed by atoms with E-state index in [0.717, 1.165) is 0 Å². The molecule has 25 heavy (non-hydrogen) atoms. The second-order valence-electron chi connectivity index (χ2n) is 5.33. The predicted molar refractivity (Wildman–Crippen MR) is 89.9 cm³/mol. The minimum Gasteiger partial charge on any atom is -0.451 e. The minimum absolute atomic E-state index is 0.0465. The topological polar surface area (TPSA) is 85.4 Å². The number of carbonyl (C=O) groups is 1. The third-order valence-electron chi connectivity index (χ3n) is 3.71. The number of hydrogen-bond donors (Lipinski definition) is 1. The lowest BCUT2D eigenvalue weighted by Crippen LogP contribution is -2.12. The van der Waals surface area contributed by atoms with E-state index in [1.54, 1.807) is 31.2 Å². The highest BCUT2D eigenvalue weighted by molar-refractivity contribution is 6.03. The van der Waals surface area contributed by atoms with Crippen molar-refractivity contribution >= 4 is 17.3 Å². The zero-order valence-corrected chi connectivity index (χ0v) is 13.2. The molecular weight excluding hydrogens is 327 g/mol. The Morgan fingerprint density at radius 2 is 1.84 bits per heavy atom. The lowest BCUT2D eigenvalue weighted by Gasteiger charge is -2.07. The van der Waals surface area contributed by atoms with E-state index in [1.165, 1.54) is 30.3 Å². The molecule has 1 amide bonds. The van der Waals surface area contributed by atoms with Crippen molar-refractivity contribution in [1.82, 2.24) is 0 Å². The van der Waals surface area contributed by atoms with Crippen molar-refractivity contribution in [2.24, 2.45) is 0 Å². The average Bonchev–Trinajstić information content (AvgIpc) is 3.07. The summed E-state index contributed by atoms with van der Waals surface area (Å²) in [6.07, 6.45) is 0. The van der Waals surface area contributed by atoms with Crippen molar-refractivity contribution in [1.29, 1.82) is 0 Å². The van der Waals surface area contributed by atoms with Gasteiger partial charge in [-0.3, -0.25) is 14.9 Å². The fraction of sp³-hybridized carbons (Fsp3) is 0.0556. The maximum absolute atomic E-state index is 13.0. The van der Waals surface area contributed by atoms with Crippen molar-refractivity contribution < 1.29 is 18.5 Å². The van der Waals surface area contributed by atoms with E-state index in [4.69, 9.17) is 4.42 Å². The number of benzene rings is 2. The van der Waals surface area contributed by atoms with Gasteiger partial charge in [-0.2, -0.15) is 0 Å². The smallest absolute Gasteiger partial charge is 0.291 e. The third kappa shape index (κ3) is 3.40. The number of nitro groups is 1. The van der Waals surface area contributed by atoms with E-state index in [9.17, 15) is 19.3 Å². The number of hydrogen-bond acceptors (Lipinski definition) is 4. The Kier molecular flexibility index (Phi) is 4.30. The van der Waals surface area contributed by atoms with Gasteiger partial charge in [-0.1, -0.05) is 6.07 Å². The Bertz CT molecular complexity index is 948. The summed E-state index contributed by atoms with van der Waals surface area (Å²) in [6.45, 7) is 1.56. The van der Waals surface area contributed by atoms with Crippen molar-refractivity contribution in [3.05, 3.63) is 81.9 Å². The number of rotatable bonds is 4. The molecule has 1 N–H and O–H groups in total. The van der Waals surface area contributed by atoms with E-state index < -0.39 is 10.8 Å². The number of halogens is 1. The van der Waals surface area contributed by atoms with Gasteiger partial charge in [0.15, 0.2) is 5.76 Å². The molecule has 0 atom stereocenters. The Balaban J connectivity index is 1.82. The van der Waals surface area contributed by atoms with Crippen LogP contribution in [-0.2, 0) is 0 Å². The van der Waals surface area contributed by atoms with Crippen LogP contribution >= 0.6 is 0 Å². The predicted octanol–water partition coefficient (Wildman–Crippen LogP) is 4.55. The quantitative estimate of drug-likeness (QED) is 0.557. The molecule has 7 heteroatoms. The fourth-order valence-corrected chi connectivity index (χ4v) is 2.37. The Morgan fingerprint density at radius 3 is 2.52 bits per heavy atom. The van der Waals surface area contributed by atoms with Crippen molar-refractivity contribution in [3.63, 3.8) is 0 Å².